The summed E-state index contributed by atoms with van der Waals surface area (Å²) in [6.45, 7) is -0.0668. The Hall–Kier alpha value is -2.77. The van der Waals surface area contributed by atoms with E-state index in [0.717, 1.165) is 24.6 Å². The van der Waals surface area contributed by atoms with Crippen LogP contribution < -0.4 is 10.1 Å². The zero-order valence-corrected chi connectivity index (χ0v) is 12.7. The van der Waals surface area contributed by atoms with E-state index in [1.165, 1.54) is 12.1 Å². The van der Waals surface area contributed by atoms with E-state index in [4.69, 9.17) is 9.47 Å². The predicted molar refractivity (Wildman–Crippen MR) is 80.0 cm³/mol. The number of rotatable bonds is 7. The molecule has 0 bridgehead atoms. The average molecular weight is 335 g/mol. The van der Waals surface area contributed by atoms with Crippen molar-refractivity contribution in [3.05, 3.63) is 47.7 Å². The van der Waals surface area contributed by atoms with Crippen LogP contribution in [0.4, 0.5) is 14.6 Å². The lowest BCUT2D eigenvalue weighted by atomic mass is 10.2. The molecule has 0 amide bonds. The summed E-state index contributed by atoms with van der Waals surface area (Å²) in [5.41, 5.74) is 0.720. The highest BCUT2D eigenvalue weighted by Gasteiger charge is 2.31. The smallest absolute Gasteiger partial charge is 0.318 e. The first-order valence-corrected chi connectivity index (χ1v) is 7.42. The quantitative estimate of drug-likeness (QED) is 0.619. The van der Waals surface area contributed by atoms with Crippen LogP contribution in [0.3, 0.4) is 0 Å². The van der Waals surface area contributed by atoms with E-state index >= 15 is 0 Å². The molecule has 0 radical (unpaired) electrons. The highest BCUT2D eigenvalue weighted by molar-refractivity contribution is 5.75. The number of halogens is 2. The Morgan fingerprint density at radius 2 is 2.00 bits per heavy atom. The molecule has 24 heavy (non-hydrogen) atoms. The summed E-state index contributed by atoms with van der Waals surface area (Å²) < 4.78 is 36.8. The highest BCUT2D eigenvalue weighted by Crippen LogP contribution is 2.30. The Morgan fingerprint density at radius 1 is 1.25 bits per heavy atom. The number of carbonyl (C=O) groups is 1. The van der Waals surface area contributed by atoms with Gasteiger partial charge in [-0.3, -0.25) is 4.79 Å². The van der Waals surface area contributed by atoms with Crippen molar-refractivity contribution in [2.75, 3.05) is 12.0 Å². The van der Waals surface area contributed by atoms with Crippen molar-refractivity contribution < 1.29 is 23.0 Å². The van der Waals surface area contributed by atoms with Gasteiger partial charge in [0, 0.05) is 0 Å². The van der Waals surface area contributed by atoms with Gasteiger partial charge in [0.15, 0.2) is 18.4 Å². The summed E-state index contributed by atoms with van der Waals surface area (Å²) in [6, 6.07) is 5.71. The number of hydrogen-bond acceptors (Lipinski definition) is 6. The summed E-state index contributed by atoms with van der Waals surface area (Å²) in [7, 11) is 0. The van der Waals surface area contributed by atoms with E-state index in [2.05, 4.69) is 15.3 Å². The monoisotopic (exact) mass is 335 g/mol. The van der Waals surface area contributed by atoms with E-state index in [9.17, 15) is 13.6 Å². The lowest BCUT2D eigenvalue weighted by Crippen LogP contribution is -2.15. The molecular formula is C16H15F2N3O3. The van der Waals surface area contributed by atoms with Crippen molar-refractivity contribution in [3.63, 3.8) is 0 Å². The van der Waals surface area contributed by atoms with Crippen molar-refractivity contribution in [1.82, 2.24) is 9.97 Å². The van der Waals surface area contributed by atoms with E-state index in [1.807, 2.05) is 0 Å². The fourth-order valence-corrected chi connectivity index (χ4v) is 1.89. The third-order valence-electron chi connectivity index (χ3n) is 3.37. The zero-order valence-electron chi connectivity index (χ0n) is 12.7. The van der Waals surface area contributed by atoms with Crippen LogP contribution in [0.2, 0.25) is 0 Å². The number of carbonyl (C=O) groups excluding carboxylic acids is 1. The number of ether oxygens (including phenoxy) is 2. The maximum atomic E-state index is 13.6. The number of aromatic nitrogens is 2. The normalized spacial score (nSPS) is 13.4. The van der Waals surface area contributed by atoms with Gasteiger partial charge in [0.2, 0.25) is 0 Å². The molecular weight excluding hydrogens is 320 g/mol. The standard InChI is InChI=1S/C16H15F2N3O3/c17-12-5-1-10(2-6-12)8-23-16-19-7-13(18)14(21-16)20-9-24-15(22)11-3-4-11/h1-2,5-7,11H,3-4,8-9H2,(H,19,20,21). The van der Waals surface area contributed by atoms with Gasteiger partial charge in [0.1, 0.15) is 12.4 Å². The second-order valence-corrected chi connectivity index (χ2v) is 5.32. The van der Waals surface area contributed by atoms with E-state index in [0.29, 0.717) is 0 Å². The Bertz CT molecular complexity index is 721. The topological polar surface area (TPSA) is 73.3 Å². The largest absolute Gasteiger partial charge is 0.459 e. The van der Waals surface area contributed by atoms with Crippen LogP contribution >= 0.6 is 0 Å². The van der Waals surface area contributed by atoms with Crippen LogP contribution in [0, 0.1) is 17.6 Å². The third kappa shape index (κ3) is 4.37. The predicted octanol–water partition coefficient (Wildman–Crippen LogP) is 2.66. The molecule has 1 fully saturated rings. The van der Waals surface area contributed by atoms with Crippen LogP contribution in [0.15, 0.2) is 30.5 Å². The molecule has 8 heteroatoms. The first-order valence-electron chi connectivity index (χ1n) is 7.42. The van der Waals surface area contributed by atoms with Gasteiger partial charge in [-0.15, -0.1) is 0 Å². The van der Waals surface area contributed by atoms with Gasteiger partial charge >= 0.3 is 12.0 Å². The molecule has 6 nitrogen and oxygen atoms in total. The summed E-state index contributed by atoms with van der Waals surface area (Å²) in [6.07, 6.45) is 2.63. The molecule has 1 heterocycles. The van der Waals surface area contributed by atoms with Gasteiger partial charge in [-0.2, -0.15) is 4.98 Å². The number of anilines is 1. The molecule has 1 N–H and O–H groups in total. The number of nitrogens with one attached hydrogen (secondary N) is 1. The molecule has 1 aromatic carbocycles. The van der Waals surface area contributed by atoms with Crippen molar-refractivity contribution in [2.24, 2.45) is 5.92 Å². The molecule has 2 aromatic rings. The fourth-order valence-electron chi connectivity index (χ4n) is 1.89. The molecule has 1 aliphatic rings. The molecule has 0 aliphatic heterocycles. The minimum Gasteiger partial charge on any atom is -0.459 e. The van der Waals surface area contributed by atoms with Crippen LogP contribution in [-0.2, 0) is 16.1 Å². The summed E-state index contributed by atoms with van der Waals surface area (Å²) in [5, 5.41) is 2.57. The summed E-state index contributed by atoms with van der Waals surface area (Å²) in [4.78, 5) is 19.0. The highest BCUT2D eigenvalue weighted by atomic mass is 19.1. The van der Waals surface area contributed by atoms with Gasteiger partial charge in [0.05, 0.1) is 12.1 Å². The molecule has 1 aliphatic carbocycles. The van der Waals surface area contributed by atoms with Gasteiger partial charge in [-0.25, -0.2) is 13.8 Å². The van der Waals surface area contributed by atoms with Crippen molar-refractivity contribution in [1.29, 1.82) is 0 Å². The first-order chi connectivity index (χ1) is 11.6. The number of nitrogens with zero attached hydrogens (tertiary/aromatic N) is 2. The average Bonchev–Trinajstić information content (AvgIpc) is 3.41. The second-order valence-electron chi connectivity index (χ2n) is 5.32. The zero-order chi connectivity index (χ0) is 16.9. The SMILES string of the molecule is O=C(OCNc1nc(OCc2ccc(F)cc2)ncc1F)C1CC1. The number of benzene rings is 1. The Balaban J connectivity index is 1.54. The molecule has 0 atom stereocenters. The van der Waals surface area contributed by atoms with Crippen LogP contribution in [0.5, 0.6) is 6.01 Å². The minimum absolute atomic E-state index is 0.0309. The maximum absolute atomic E-state index is 13.6. The van der Waals surface area contributed by atoms with Crippen molar-refractivity contribution in [2.45, 2.75) is 19.4 Å². The van der Waals surface area contributed by atoms with Crippen LogP contribution in [-0.4, -0.2) is 22.7 Å². The van der Waals surface area contributed by atoms with E-state index in [1.54, 1.807) is 12.1 Å². The molecule has 0 spiro atoms. The summed E-state index contributed by atoms with van der Waals surface area (Å²) >= 11 is 0. The first kappa shape index (κ1) is 16.1. The van der Waals surface area contributed by atoms with Gasteiger partial charge in [0.25, 0.3) is 0 Å². The summed E-state index contributed by atoms with van der Waals surface area (Å²) in [5.74, 6) is -1.49. The van der Waals surface area contributed by atoms with Gasteiger partial charge in [-0.05, 0) is 30.5 Å². The molecule has 0 unspecified atom stereocenters. The van der Waals surface area contributed by atoms with E-state index < -0.39 is 5.82 Å². The van der Waals surface area contributed by atoms with Gasteiger partial charge < -0.3 is 14.8 Å². The van der Waals surface area contributed by atoms with Crippen LogP contribution in [0.1, 0.15) is 18.4 Å². The van der Waals surface area contributed by atoms with Crippen LogP contribution in [0.25, 0.3) is 0 Å². The number of hydrogen-bond donors (Lipinski definition) is 1. The third-order valence-corrected chi connectivity index (χ3v) is 3.37. The minimum atomic E-state index is -0.688. The second kappa shape index (κ2) is 7.20. The molecule has 1 aromatic heterocycles. The van der Waals surface area contributed by atoms with Crippen molar-refractivity contribution in [3.8, 4) is 6.01 Å². The Kier molecular flexibility index (Phi) is 4.83. The maximum Gasteiger partial charge on any atom is 0.318 e. The Morgan fingerprint density at radius 3 is 2.71 bits per heavy atom. The van der Waals surface area contributed by atoms with Crippen molar-refractivity contribution >= 4 is 11.8 Å². The van der Waals surface area contributed by atoms with E-state index in [-0.39, 0.29) is 42.9 Å². The molecule has 126 valence electrons. The van der Waals surface area contributed by atoms with Gasteiger partial charge in [-0.1, -0.05) is 12.1 Å². The molecule has 1 saturated carbocycles. The molecule has 0 saturated heterocycles. The lowest BCUT2D eigenvalue weighted by molar-refractivity contribution is -0.144. The number of esters is 1. The lowest BCUT2D eigenvalue weighted by Gasteiger charge is -2.09. The Labute approximate surface area is 136 Å². The molecule has 3 rings (SSSR count). The fraction of sp³-hybridized carbons (Fsp3) is 0.312.